The van der Waals surface area contributed by atoms with E-state index in [1.54, 1.807) is 0 Å². The molecule has 1 saturated heterocycles. The van der Waals surface area contributed by atoms with Crippen LogP contribution < -0.4 is 10.6 Å². The fourth-order valence-corrected chi connectivity index (χ4v) is 2.93. The smallest absolute Gasteiger partial charge is 0.122 e. The van der Waals surface area contributed by atoms with E-state index in [0.29, 0.717) is 19.4 Å². The van der Waals surface area contributed by atoms with E-state index in [1.165, 1.54) is 29.6 Å². The summed E-state index contributed by atoms with van der Waals surface area (Å²) in [6, 6.07) is 8.06. The quantitative estimate of drug-likeness (QED) is 0.576. The first-order chi connectivity index (χ1) is 13.9. The molecule has 0 saturated carbocycles. The van der Waals surface area contributed by atoms with Crippen molar-refractivity contribution in [3.8, 4) is 12.8 Å². The van der Waals surface area contributed by atoms with Crippen molar-refractivity contribution in [2.24, 2.45) is 0 Å². The van der Waals surface area contributed by atoms with E-state index in [2.05, 4.69) is 87.2 Å². The minimum atomic E-state index is -0.831. The van der Waals surface area contributed by atoms with Gasteiger partial charge >= 0.3 is 0 Å². The lowest BCUT2D eigenvalue weighted by Gasteiger charge is -2.20. The molecule has 2 atom stereocenters. The maximum atomic E-state index is 13.9. The second kappa shape index (κ2) is 15.5. The normalized spacial score (nSPS) is 20.2. The molecule has 1 aromatic carbocycles. The van der Waals surface area contributed by atoms with E-state index in [1.807, 2.05) is 13.8 Å². The van der Waals surface area contributed by atoms with Gasteiger partial charge in [0.1, 0.15) is 6.17 Å². The topological polar surface area (TPSA) is 24.1 Å². The summed E-state index contributed by atoms with van der Waals surface area (Å²) in [6.07, 6.45) is 15.3. The highest BCUT2D eigenvalue weighted by atomic mass is 19.1. The average molecular weight is 399 g/mol. The number of aryl methyl sites for hydroxylation is 1. The third-order valence-electron chi connectivity index (χ3n) is 4.70. The molecule has 2 unspecified atom stereocenters. The molecule has 2 aliphatic rings. The molecule has 1 aliphatic heterocycles. The lowest BCUT2D eigenvalue weighted by atomic mass is 10.00. The highest BCUT2D eigenvalue weighted by molar-refractivity contribution is 5.23. The molecule has 1 aromatic rings. The zero-order valence-electron chi connectivity index (χ0n) is 18.9. The minimum Gasteiger partial charge on any atom is -0.372 e. The number of allylic oxidation sites excluding steroid dienone is 4. The molecule has 1 heterocycles. The Balaban J connectivity index is 0.000000547. The molecule has 1 aliphatic carbocycles. The Bertz CT molecular complexity index is 650. The molecule has 3 rings (SSSR count). The van der Waals surface area contributed by atoms with Crippen molar-refractivity contribution in [3.63, 3.8) is 0 Å². The van der Waals surface area contributed by atoms with Gasteiger partial charge in [0.25, 0.3) is 0 Å². The summed E-state index contributed by atoms with van der Waals surface area (Å²) < 4.78 is 13.9. The number of terminal acetylenes is 1. The molecule has 0 radical (unpaired) electrons. The fourth-order valence-electron chi connectivity index (χ4n) is 2.93. The zero-order valence-corrected chi connectivity index (χ0v) is 18.9. The van der Waals surface area contributed by atoms with Crippen molar-refractivity contribution in [3.05, 3.63) is 71.1 Å². The van der Waals surface area contributed by atoms with Gasteiger partial charge in [-0.1, -0.05) is 73.6 Å². The third-order valence-corrected chi connectivity index (χ3v) is 4.70. The number of hydrogen-bond donors (Lipinski definition) is 2. The number of benzene rings is 1. The van der Waals surface area contributed by atoms with E-state index >= 15 is 0 Å². The summed E-state index contributed by atoms with van der Waals surface area (Å²) in [5.41, 5.74) is 5.40. The minimum absolute atomic E-state index is 0.180. The molecule has 1 fully saturated rings. The predicted molar refractivity (Wildman–Crippen MR) is 126 cm³/mol. The van der Waals surface area contributed by atoms with Gasteiger partial charge in [0.2, 0.25) is 0 Å². The van der Waals surface area contributed by atoms with E-state index in [-0.39, 0.29) is 6.04 Å². The van der Waals surface area contributed by atoms with Gasteiger partial charge in [-0.25, -0.2) is 4.39 Å². The summed E-state index contributed by atoms with van der Waals surface area (Å²) in [5.74, 6) is 0.724. The van der Waals surface area contributed by atoms with Gasteiger partial charge in [0.05, 0.1) is 11.9 Å². The van der Waals surface area contributed by atoms with Crippen LogP contribution in [0.3, 0.4) is 0 Å². The average Bonchev–Trinajstić information content (AvgIpc) is 2.90. The molecular formula is C26H39FN2. The lowest BCUT2D eigenvalue weighted by Crippen LogP contribution is -2.38. The van der Waals surface area contributed by atoms with Gasteiger partial charge in [-0.15, -0.1) is 12.8 Å². The zero-order chi connectivity index (χ0) is 22.2. The Morgan fingerprint density at radius 3 is 2.00 bits per heavy atom. The summed E-state index contributed by atoms with van der Waals surface area (Å²) in [7, 11) is 0. The van der Waals surface area contributed by atoms with Crippen LogP contribution in [0.15, 0.2) is 60.0 Å². The molecular weight excluding hydrogens is 359 g/mol. The van der Waals surface area contributed by atoms with Crippen LogP contribution in [-0.4, -0.2) is 18.8 Å². The highest BCUT2D eigenvalue weighted by Gasteiger charge is 2.23. The fraction of sp³-hybridized carbons (Fsp3) is 0.462. The van der Waals surface area contributed by atoms with Crippen molar-refractivity contribution in [2.75, 3.05) is 6.54 Å². The van der Waals surface area contributed by atoms with Crippen LogP contribution >= 0.6 is 0 Å². The molecule has 2 nitrogen and oxygen atoms in total. The molecule has 3 heteroatoms. The van der Waals surface area contributed by atoms with Crippen LogP contribution in [-0.2, 0) is 6.42 Å². The van der Waals surface area contributed by atoms with Gasteiger partial charge in [-0.2, -0.15) is 0 Å². The number of alkyl halides is 1. The first-order valence-electron chi connectivity index (χ1n) is 10.5. The van der Waals surface area contributed by atoms with E-state index in [0.717, 1.165) is 11.4 Å². The molecule has 0 amide bonds. The van der Waals surface area contributed by atoms with Crippen molar-refractivity contribution in [2.45, 2.75) is 72.5 Å². The summed E-state index contributed by atoms with van der Waals surface area (Å²) >= 11 is 0. The van der Waals surface area contributed by atoms with Crippen LogP contribution in [0.2, 0.25) is 0 Å². The van der Waals surface area contributed by atoms with E-state index < -0.39 is 6.17 Å². The maximum Gasteiger partial charge on any atom is 0.122 e. The number of halogens is 1. The molecule has 160 valence electrons. The summed E-state index contributed by atoms with van der Waals surface area (Å²) in [5, 5.41) is 6.17. The van der Waals surface area contributed by atoms with Crippen molar-refractivity contribution < 1.29 is 4.39 Å². The Morgan fingerprint density at radius 1 is 1.00 bits per heavy atom. The number of rotatable bonds is 2. The Hall–Kier alpha value is -2.47. The van der Waals surface area contributed by atoms with Crippen molar-refractivity contribution in [1.29, 1.82) is 0 Å². The SMILES string of the molecule is C#C.C=C1NCCC(F)C(Cc2ccc(C)cc2)N1.CC.CC1=CC=C(C)CC1. The Morgan fingerprint density at radius 2 is 1.52 bits per heavy atom. The van der Waals surface area contributed by atoms with Gasteiger partial charge < -0.3 is 10.6 Å². The second-order valence-corrected chi connectivity index (χ2v) is 7.18. The highest BCUT2D eigenvalue weighted by Crippen LogP contribution is 2.16. The van der Waals surface area contributed by atoms with Crippen LogP contribution in [0.25, 0.3) is 0 Å². The van der Waals surface area contributed by atoms with Crippen molar-refractivity contribution >= 4 is 0 Å². The molecule has 2 N–H and O–H groups in total. The number of hydrogen-bond acceptors (Lipinski definition) is 2. The second-order valence-electron chi connectivity index (χ2n) is 7.18. The largest absolute Gasteiger partial charge is 0.372 e. The standard InChI is InChI=1S/C14H19FN2.C8H12.C2H6.C2H2/c1-10-3-5-12(6-4-10)9-14-13(15)7-8-16-11(2)17-14;1-7-3-5-8(2)6-4-7;2*1-2/h3-6,13-14,16-17H,2,7-9H2,1H3;3,5H,4,6H2,1-2H3;1-2H3;1-2H. The third kappa shape index (κ3) is 11.2. The lowest BCUT2D eigenvalue weighted by molar-refractivity contribution is 0.256. The van der Waals surface area contributed by atoms with Gasteiger partial charge in [0.15, 0.2) is 0 Å². The Labute approximate surface area is 178 Å². The van der Waals surface area contributed by atoms with E-state index in [9.17, 15) is 4.39 Å². The predicted octanol–water partition coefficient (Wildman–Crippen LogP) is 6.25. The summed E-state index contributed by atoms with van der Waals surface area (Å²) in [6.45, 7) is 14.9. The first-order valence-corrected chi connectivity index (χ1v) is 10.5. The first kappa shape index (κ1) is 26.5. The van der Waals surface area contributed by atoms with Gasteiger partial charge in [-0.05, 0) is 52.0 Å². The molecule has 29 heavy (non-hydrogen) atoms. The molecule has 0 spiro atoms. The monoisotopic (exact) mass is 398 g/mol. The molecule has 0 aromatic heterocycles. The number of nitrogens with one attached hydrogen (secondary N) is 2. The Kier molecular flexibility index (Phi) is 14.1. The summed E-state index contributed by atoms with van der Waals surface area (Å²) in [4.78, 5) is 0. The van der Waals surface area contributed by atoms with Crippen molar-refractivity contribution in [1.82, 2.24) is 10.6 Å². The van der Waals surface area contributed by atoms with E-state index in [4.69, 9.17) is 0 Å². The van der Waals surface area contributed by atoms with Crippen LogP contribution in [0.5, 0.6) is 0 Å². The molecule has 0 bridgehead atoms. The van der Waals surface area contributed by atoms with Crippen LogP contribution in [0.1, 0.15) is 58.1 Å². The van der Waals surface area contributed by atoms with Crippen LogP contribution in [0.4, 0.5) is 4.39 Å². The van der Waals surface area contributed by atoms with Crippen LogP contribution in [0, 0.1) is 19.8 Å². The van der Waals surface area contributed by atoms with Gasteiger partial charge in [-0.3, -0.25) is 0 Å². The van der Waals surface area contributed by atoms with Gasteiger partial charge in [0, 0.05) is 6.54 Å². The maximum absolute atomic E-state index is 13.9.